The third kappa shape index (κ3) is 6.26. The van der Waals surface area contributed by atoms with Crippen molar-refractivity contribution in [2.45, 2.75) is 116 Å². The molecule has 3 aliphatic carbocycles. The molecule has 10 nitrogen and oxygen atoms in total. The second-order valence-electron chi connectivity index (χ2n) is 17.3. The molecule has 7 atom stereocenters. The highest BCUT2D eigenvalue weighted by Gasteiger charge is 2.86. The molecule has 0 amide bonds. The highest BCUT2D eigenvalue weighted by Crippen LogP contribution is 2.71. The lowest BCUT2D eigenvalue weighted by Gasteiger charge is -2.64. The summed E-state index contributed by atoms with van der Waals surface area (Å²) in [4.78, 5) is 46.3. The molecule has 7 aliphatic rings. The van der Waals surface area contributed by atoms with Gasteiger partial charge in [-0.2, -0.15) is 0 Å². The fourth-order valence-corrected chi connectivity index (χ4v) is 10.7. The lowest BCUT2D eigenvalue weighted by Crippen LogP contribution is -2.82. The maximum atomic E-state index is 16.0. The van der Waals surface area contributed by atoms with Crippen LogP contribution in [0.15, 0.2) is 41.0 Å². The van der Waals surface area contributed by atoms with Gasteiger partial charge in [-0.25, -0.2) is 4.79 Å². The summed E-state index contributed by atoms with van der Waals surface area (Å²) in [5.41, 5.74) is 0.223. The third-order valence-corrected chi connectivity index (χ3v) is 13.1. The first-order chi connectivity index (χ1) is 26.1. The number of methoxy groups -OCH3 is 1. The van der Waals surface area contributed by atoms with Crippen LogP contribution in [0, 0.1) is 17.8 Å². The highest BCUT2D eigenvalue weighted by atomic mass is 79.9. The Labute approximate surface area is 333 Å². The van der Waals surface area contributed by atoms with Crippen LogP contribution in [0.25, 0.3) is 6.08 Å². The van der Waals surface area contributed by atoms with Crippen LogP contribution in [0.1, 0.15) is 103 Å². The minimum Gasteiger partial charge on any atom is -0.482 e. The Morgan fingerprint density at radius 2 is 1.71 bits per heavy atom. The molecule has 4 heterocycles. The molecule has 2 saturated heterocycles. The lowest BCUT2D eigenvalue weighted by molar-refractivity contribution is -0.216. The summed E-state index contributed by atoms with van der Waals surface area (Å²) in [7, 11) is 1.34. The summed E-state index contributed by atoms with van der Waals surface area (Å²) in [5.74, 6) is -0.891. The van der Waals surface area contributed by atoms with E-state index in [2.05, 4.69) is 59.8 Å². The number of fused-ring (bicyclic) bond motifs is 2. The van der Waals surface area contributed by atoms with E-state index in [9.17, 15) is 4.79 Å². The van der Waals surface area contributed by atoms with Gasteiger partial charge in [-0.15, -0.1) is 0 Å². The first-order valence-corrected chi connectivity index (χ1v) is 20.8. The summed E-state index contributed by atoms with van der Waals surface area (Å²) in [5, 5.41) is 0. The van der Waals surface area contributed by atoms with Gasteiger partial charge in [0.05, 0.1) is 37.4 Å². The average Bonchev–Trinajstić information content (AvgIpc) is 3.28. The van der Waals surface area contributed by atoms with E-state index in [4.69, 9.17) is 28.4 Å². The number of ketones is 2. The van der Waals surface area contributed by atoms with E-state index < -0.39 is 46.3 Å². The second kappa shape index (κ2) is 14.6. The smallest absolute Gasteiger partial charge is 0.333 e. The molecule has 7 unspecified atom stereocenters. The molecular weight excluding hydrogens is 766 g/mol. The van der Waals surface area contributed by atoms with Crippen molar-refractivity contribution in [3.8, 4) is 17.2 Å². The van der Waals surface area contributed by atoms with E-state index >= 15 is 9.59 Å². The van der Waals surface area contributed by atoms with Crippen molar-refractivity contribution in [1.82, 2.24) is 4.90 Å². The molecule has 8 rings (SSSR count). The van der Waals surface area contributed by atoms with Crippen LogP contribution in [0.5, 0.6) is 17.2 Å². The van der Waals surface area contributed by atoms with Gasteiger partial charge in [-0.1, -0.05) is 29.4 Å². The Bertz CT molecular complexity index is 1900. The van der Waals surface area contributed by atoms with Gasteiger partial charge in [0.2, 0.25) is 0 Å². The summed E-state index contributed by atoms with van der Waals surface area (Å²) >= 11 is 3.50. The number of halogens is 1. The van der Waals surface area contributed by atoms with Crippen molar-refractivity contribution in [3.05, 3.63) is 57.7 Å². The van der Waals surface area contributed by atoms with Crippen molar-refractivity contribution in [1.29, 1.82) is 0 Å². The molecule has 0 aromatic heterocycles. The molecular formula is C44H56BrNO9. The number of alkyl halides is 1. The minimum atomic E-state index is -1.56. The maximum Gasteiger partial charge on any atom is 0.333 e. The molecule has 5 fully saturated rings. The zero-order valence-corrected chi connectivity index (χ0v) is 35.4. The molecule has 1 aromatic carbocycles. The molecule has 11 heteroatoms. The fourth-order valence-electron chi connectivity index (χ4n) is 10.5. The Morgan fingerprint density at radius 3 is 2.36 bits per heavy atom. The monoisotopic (exact) mass is 821 g/mol. The molecule has 4 bridgehead atoms. The molecule has 3 saturated carbocycles. The van der Waals surface area contributed by atoms with Gasteiger partial charge < -0.3 is 28.4 Å². The number of carbonyl (C=O) groups excluding carboxylic acids is 3. The largest absolute Gasteiger partial charge is 0.482 e. The summed E-state index contributed by atoms with van der Waals surface area (Å²) < 4.78 is 39.1. The zero-order valence-electron chi connectivity index (χ0n) is 33.8. The fraction of sp³-hybridized carbons (Fsp3) is 0.614. The summed E-state index contributed by atoms with van der Waals surface area (Å²) in [6.45, 7) is 18.2. The summed E-state index contributed by atoms with van der Waals surface area (Å²) in [6, 6.07) is -0.441. The number of morpholine rings is 1. The van der Waals surface area contributed by atoms with E-state index in [0.29, 0.717) is 73.1 Å². The van der Waals surface area contributed by atoms with Crippen LogP contribution in [-0.4, -0.2) is 89.8 Å². The van der Waals surface area contributed by atoms with Crippen LogP contribution in [0.2, 0.25) is 0 Å². The lowest BCUT2D eigenvalue weighted by atomic mass is 9.44. The van der Waals surface area contributed by atoms with Gasteiger partial charge >= 0.3 is 5.97 Å². The summed E-state index contributed by atoms with van der Waals surface area (Å²) in [6.07, 6.45) is 12.7. The number of benzene rings is 1. The maximum absolute atomic E-state index is 16.0. The van der Waals surface area contributed by atoms with Crippen LogP contribution in [0.3, 0.4) is 0 Å². The van der Waals surface area contributed by atoms with E-state index in [0.717, 1.165) is 24.0 Å². The van der Waals surface area contributed by atoms with Crippen molar-refractivity contribution in [3.63, 3.8) is 0 Å². The van der Waals surface area contributed by atoms with Gasteiger partial charge in [-0.05, 0) is 109 Å². The number of carbonyl (C=O) groups is 3. The number of ether oxygens (including phenoxy) is 6. The SMILES string of the molecule is COC(=O)C(C)=CCC12OC(C)(C)C3CC(C1=O)C(N1CCOCC1)C1C(=O)c4c(OCBr)c5c(c(CC=C(C)C)c4OC132)OC(C)(CCC=C(C)C)C=C5. The predicted molar refractivity (Wildman–Crippen MR) is 213 cm³/mol. The van der Waals surface area contributed by atoms with Crippen LogP contribution < -0.4 is 14.2 Å². The minimum absolute atomic E-state index is 0.0544. The molecule has 1 aromatic rings. The number of Topliss-reactive ketones (excluding diaryl/α,β-unsaturated/α-hetero) is 2. The molecule has 1 spiro atoms. The Kier molecular flexibility index (Phi) is 10.6. The van der Waals surface area contributed by atoms with Crippen LogP contribution in [-0.2, 0) is 30.2 Å². The molecule has 55 heavy (non-hydrogen) atoms. The average molecular weight is 823 g/mol. The number of nitrogens with zero attached hydrogens (tertiary/aromatic N) is 1. The Hall–Kier alpha value is -3.25. The number of rotatable bonds is 11. The van der Waals surface area contributed by atoms with Crippen molar-refractivity contribution >= 4 is 39.5 Å². The van der Waals surface area contributed by atoms with Crippen molar-refractivity contribution in [2.24, 2.45) is 17.8 Å². The van der Waals surface area contributed by atoms with E-state index in [1.54, 1.807) is 13.0 Å². The third-order valence-electron chi connectivity index (χ3n) is 12.9. The number of hydrogen-bond acceptors (Lipinski definition) is 10. The van der Waals surface area contributed by atoms with Gasteiger partial charge in [0.15, 0.2) is 22.8 Å². The number of allylic oxidation sites excluding steroid dienone is 4. The van der Waals surface area contributed by atoms with E-state index in [1.807, 2.05) is 33.8 Å². The van der Waals surface area contributed by atoms with Gasteiger partial charge in [0.1, 0.15) is 33.9 Å². The van der Waals surface area contributed by atoms with Crippen LogP contribution >= 0.6 is 15.9 Å². The Morgan fingerprint density at radius 1 is 1.00 bits per heavy atom. The molecule has 0 N–H and O–H groups in total. The van der Waals surface area contributed by atoms with Gasteiger partial charge in [-0.3, -0.25) is 14.5 Å². The van der Waals surface area contributed by atoms with E-state index in [1.165, 1.54) is 12.7 Å². The van der Waals surface area contributed by atoms with Crippen molar-refractivity contribution < 1.29 is 42.8 Å². The van der Waals surface area contributed by atoms with Crippen LogP contribution in [0.4, 0.5) is 0 Å². The Balaban J connectivity index is 1.51. The van der Waals surface area contributed by atoms with E-state index in [-0.39, 0.29) is 29.4 Å². The molecule has 298 valence electrons. The highest BCUT2D eigenvalue weighted by molar-refractivity contribution is 9.09. The molecule has 0 radical (unpaired) electrons. The second-order valence-corrected chi connectivity index (χ2v) is 17.8. The van der Waals surface area contributed by atoms with Crippen molar-refractivity contribution in [2.75, 3.05) is 38.9 Å². The topological polar surface area (TPSA) is 110 Å². The number of hydrogen-bond donors (Lipinski definition) is 0. The predicted octanol–water partition coefficient (Wildman–Crippen LogP) is 7.74. The van der Waals surface area contributed by atoms with Gasteiger partial charge in [0, 0.05) is 48.5 Å². The standard InChI is InChI=1S/C44H56BrNO9/c1-25(2)11-10-16-42(8)17-15-29-36(53-42)28(13-12-26(3)4)38-32(37(29)52-24-45)35(47)33-34(46-19-21-51-22-20-46)30-23-31-41(6,7)55-43(39(30)48,44(31,33)54-38)18-14-27(5)40(49)50-9/h11-12,14-15,17,30-31,33-34H,10,13,16,18-24H2,1-9H3. The number of esters is 1. The first kappa shape index (κ1) is 40.0. The molecule has 4 aliphatic heterocycles. The first-order valence-electron chi connectivity index (χ1n) is 19.7. The quantitative estimate of drug-likeness (QED) is 0.0952. The van der Waals surface area contributed by atoms with Gasteiger partial charge in [0.25, 0.3) is 0 Å². The zero-order chi connectivity index (χ0) is 39.7. The normalized spacial score (nSPS) is 32.8.